The van der Waals surface area contributed by atoms with Crippen molar-refractivity contribution in [2.45, 2.75) is 0 Å². The van der Waals surface area contributed by atoms with E-state index in [1.165, 1.54) is 12.1 Å². The van der Waals surface area contributed by atoms with Gasteiger partial charge in [0.1, 0.15) is 5.82 Å². The Kier molecular flexibility index (Phi) is 2.99. The van der Waals surface area contributed by atoms with E-state index in [1.807, 2.05) is 16.7 Å². The normalized spacial score (nSPS) is 11.4. The first-order chi connectivity index (χ1) is 12.7. The summed E-state index contributed by atoms with van der Waals surface area (Å²) < 4.78 is 17.3. The molecule has 126 valence electrons. The van der Waals surface area contributed by atoms with Crippen LogP contribution in [0, 0.1) is 5.82 Å². The van der Waals surface area contributed by atoms with Crippen LogP contribution in [0.5, 0.6) is 0 Å². The van der Waals surface area contributed by atoms with Crippen LogP contribution in [0.2, 0.25) is 0 Å². The molecule has 0 amide bonds. The number of anilines is 1. The van der Waals surface area contributed by atoms with Gasteiger partial charge in [-0.25, -0.2) is 23.9 Å². The summed E-state index contributed by atoms with van der Waals surface area (Å²) in [5.41, 5.74) is 9.96. The molecule has 0 aliphatic rings. The van der Waals surface area contributed by atoms with Crippen molar-refractivity contribution in [1.29, 1.82) is 0 Å². The van der Waals surface area contributed by atoms with Crippen molar-refractivity contribution >= 4 is 17.1 Å². The smallest absolute Gasteiger partial charge is 0.180 e. The number of halogens is 1. The summed E-state index contributed by atoms with van der Waals surface area (Å²) in [6.07, 6.45) is 8.68. The molecule has 4 heterocycles. The second-order valence-corrected chi connectivity index (χ2v) is 5.80. The zero-order valence-corrected chi connectivity index (χ0v) is 13.4. The first-order valence-electron chi connectivity index (χ1n) is 7.89. The van der Waals surface area contributed by atoms with Gasteiger partial charge in [-0.2, -0.15) is 5.10 Å². The first-order valence-corrected chi connectivity index (χ1v) is 7.89. The average Bonchev–Trinajstić information content (AvgIpc) is 3.30. The molecule has 0 aliphatic carbocycles. The fraction of sp³-hybridized carbons (Fsp3) is 0. The van der Waals surface area contributed by atoms with E-state index >= 15 is 0 Å². The van der Waals surface area contributed by atoms with Crippen molar-refractivity contribution in [3.8, 4) is 22.5 Å². The van der Waals surface area contributed by atoms with Crippen molar-refractivity contribution in [3.05, 3.63) is 67.1 Å². The third-order valence-corrected chi connectivity index (χ3v) is 4.19. The summed E-state index contributed by atoms with van der Waals surface area (Å²) in [4.78, 5) is 13.2. The zero-order valence-electron chi connectivity index (χ0n) is 13.4. The molecular weight excluding hydrogens is 333 g/mol. The lowest BCUT2D eigenvalue weighted by Crippen LogP contribution is -2.05. The molecule has 0 radical (unpaired) electrons. The van der Waals surface area contributed by atoms with Crippen LogP contribution in [0.25, 0.3) is 33.8 Å². The number of benzene rings is 1. The Bertz CT molecular complexity index is 1270. The van der Waals surface area contributed by atoms with Crippen molar-refractivity contribution in [1.82, 2.24) is 29.0 Å². The molecule has 0 unspecified atom stereocenters. The highest BCUT2D eigenvalue weighted by Gasteiger charge is 2.18. The van der Waals surface area contributed by atoms with Crippen molar-refractivity contribution in [2.24, 2.45) is 0 Å². The second-order valence-electron chi connectivity index (χ2n) is 5.80. The van der Waals surface area contributed by atoms with Crippen LogP contribution in [-0.2, 0) is 0 Å². The molecule has 26 heavy (non-hydrogen) atoms. The highest BCUT2D eigenvalue weighted by atomic mass is 19.1. The maximum absolute atomic E-state index is 13.8. The van der Waals surface area contributed by atoms with Gasteiger partial charge in [-0.05, 0) is 12.1 Å². The molecule has 7 nitrogen and oxygen atoms in total. The number of rotatable bonds is 2. The Morgan fingerprint density at radius 2 is 1.96 bits per heavy atom. The molecule has 4 aromatic heterocycles. The summed E-state index contributed by atoms with van der Waals surface area (Å²) in [6.45, 7) is 0. The van der Waals surface area contributed by atoms with Crippen LogP contribution in [0.15, 0.2) is 61.3 Å². The van der Waals surface area contributed by atoms with E-state index in [2.05, 4.69) is 20.1 Å². The molecule has 0 atom stereocenters. The van der Waals surface area contributed by atoms with Crippen molar-refractivity contribution in [3.63, 3.8) is 0 Å². The van der Waals surface area contributed by atoms with Gasteiger partial charge in [0.2, 0.25) is 0 Å². The lowest BCUT2D eigenvalue weighted by molar-refractivity contribution is 0.628. The average molecular weight is 345 g/mol. The summed E-state index contributed by atoms with van der Waals surface area (Å²) in [5, 5.41) is 4.23. The van der Waals surface area contributed by atoms with Crippen LogP contribution >= 0.6 is 0 Å². The molecule has 0 aliphatic heterocycles. The standard InChI is InChI=1S/C18H12FN7/c19-13-3-1-2-11(8-13)15-16(25-7-6-21-18(25)17(20)24-15)12-9-22-14-4-5-23-26(14)10-12/h1-10H,(H2,20,24). The molecule has 5 aromatic rings. The second kappa shape index (κ2) is 5.35. The predicted octanol–water partition coefficient (Wildman–Crippen LogP) is 2.83. The molecule has 0 saturated carbocycles. The van der Waals surface area contributed by atoms with Gasteiger partial charge in [-0.1, -0.05) is 12.1 Å². The van der Waals surface area contributed by atoms with Gasteiger partial charge in [0.25, 0.3) is 0 Å². The van der Waals surface area contributed by atoms with E-state index in [-0.39, 0.29) is 11.6 Å². The quantitative estimate of drug-likeness (QED) is 0.532. The Morgan fingerprint density at radius 3 is 2.85 bits per heavy atom. The fourth-order valence-corrected chi connectivity index (χ4v) is 3.06. The van der Waals surface area contributed by atoms with E-state index < -0.39 is 0 Å². The molecule has 2 N–H and O–H groups in total. The van der Waals surface area contributed by atoms with Crippen LogP contribution in [0.3, 0.4) is 0 Å². The minimum atomic E-state index is -0.347. The van der Waals surface area contributed by atoms with Crippen LogP contribution < -0.4 is 5.73 Å². The van der Waals surface area contributed by atoms with Gasteiger partial charge >= 0.3 is 0 Å². The summed E-state index contributed by atoms with van der Waals surface area (Å²) in [6, 6.07) is 8.05. The number of fused-ring (bicyclic) bond motifs is 2. The third kappa shape index (κ3) is 2.12. The van der Waals surface area contributed by atoms with E-state index in [4.69, 9.17) is 5.73 Å². The Morgan fingerprint density at radius 1 is 1.04 bits per heavy atom. The third-order valence-electron chi connectivity index (χ3n) is 4.19. The van der Waals surface area contributed by atoms with E-state index in [0.29, 0.717) is 22.6 Å². The van der Waals surface area contributed by atoms with Gasteiger partial charge in [0.05, 0.1) is 17.6 Å². The lowest BCUT2D eigenvalue weighted by atomic mass is 10.1. The number of nitrogens with zero attached hydrogens (tertiary/aromatic N) is 6. The van der Waals surface area contributed by atoms with Crippen molar-refractivity contribution < 1.29 is 4.39 Å². The van der Waals surface area contributed by atoms with E-state index in [9.17, 15) is 4.39 Å². The monoisotopic (exact) mass is 345 g/mol. The molecule has 0 spiro atoms. The SMILES string of the molecule is Nc1nc(-c2cccc(F)c2)c(-c2cnc3ccnn3c2)n2ccnc12. The van der Waals surface area contributed by atoms with Gasteiger partial charge in [0.15, 0.2) is 17.1 Å². The lowest BCUT2D eigenvalue weighted by Gasteiger charge is -2.13. The number of hydrogen-bond donors (Lipinski definition) is 1. The molecule has 0 saturated heterocycles. The van der Waals surface area contributed by atoms with Crippen LogP contribution in [0.1, 0.15) is 0 Å². The fourth-order valence-electron chi connectivity index (χ4n) is 3.06. The van der Waals surface area contributed by atoms with Crippen LogP contribution in [-0.4, -0.2) is 29.0 Å². The summed E-state index contributed by atoms with van der Waals surface area (Å²) in [7, 11) is 0. The van der Waals surface area contributed by atoms with Crippen molar-refractivity contribution in [2.75, 3.05) is 5.73 Å². The van der Waals surface area contributed by atoms with Gasteiger partial charge < -0.3 is 5.73 Å². The molecule has 1 aromatic carbocycles. The number of hydrogen-bond acceptors (Lipinski definition) is 5. The maximum atomic E-state index is 13.8. The Balaban J connectivity index is 1.88. The summed E-state index contributed by atoms with van der Waals surface area (Å²) >= 11 is 0. The maximum Gasteiger partial charge on any atom is 0.180 e. The number of nitrogen functional groups attached to an aromatic ring is 1. The van der Waals surface area contributed by atoms with E-state index in [0.717, 1.165) is 11.2 Å². The molecule has 0 fully saturated rings. The predicted molar refractivity (Wildman–Crippen MR) is 94.8 cm³/mol. The molecule has 8 heteroatoms. The molecule has 5 rings (SSSR count). The van der Waals surface area contributed by atoms with E-state index in [1.54, 1.807) is 41.4 Å². The van der Waals surface area contributed by atoms with Gasteiger partial charge in [-0.15, -0.1) is 0 Å². The minimum absolute atomic E-state index is 0.270. The Labute approximate surface area is 146 Å². The first kappa shape index (κ1) is 14.5. The molecule has 0 bridgehead atoms. The summed E-state index contributed by atoms with van der Waals surface area (Å²) in [5.74, 6) is -0.0775. The van der Waals surface area contributed by atoms with Gasteiger partial charge in [-0.3, -0.25) is 4.40 Å². The highest BCUT2D eigenvalue weighted by molar-refractivity contribution is 5.82. The molecular formula is C18H12FN7. The topological polar surface area (TPSA) is 86.4 Å². The number of imidazole rings is 1. The van der Waals surface area contributed by atoms with Gasteiger partial charge in [0, 0.05) is 42.0 Å². The Hall–Kier alpha value is -3.81. The zero-order chi connectivity index (χ0) is 17.7. The number of aromatic nitrogens is 6. The van der Waals surface area contributed by atoms with Crippen LogP contribution in [0.4, 0.5) is 10.2 Å². The minimum Gasteiger partial charge on any atom is -0.381 e. The highest BCUT2D eigenvalue weighted by Crippen LogP contribution is 2.33. The largest absolute Gasteiger partial charge is 0.381 e. The number of nitrogens with two attached hydrogens (primary N) is 1.